The molecule has 0 aliphatic rings. The summed E-state index contributed by atoms with van der Waals surface area (Å²) >= 11 is 0. The average molecular weight is 243 g/mol. The van der Waals surface area contributed by atoms with Gasteiger partial charge in [-0.3, -0.25) is 9.36 Å². The van der Waals surface area contributed by atoms with E-state index in [0.29, 0.717) is 0 Å². The van der Waals surface area contributed by atoms with Gasteiger partial charge >= 0.3 is 0 Å². The van der Waals surface area contributed by atoms with E-state index in [-0.39, 0.29) is 17.4 Å². The van der Waals surface area contributed by atoms with Crippen LogP contribution in [0.25, 0.3) is 0 Å². The number of nitrogens with two attached hydrogens (primary N) is 1. The Balaban J connectivity index is 2.24. The van der Waals surface area contributed by atoms with Crippen LogP contribution >= 0.6 is 0 Å². The first-order valence-electron chi connectivity index (χ1n) is 5.95. The predicted octanol–water partition coefficient (Wildman–Crippen LogP) is 1.71. The lowest BCUT2D eigenvalue weighted by atomic mass is 9.98. The van der Waals surface area contributed by atoms with Crippen LogP contribution in [0.3, 0.4) is 0 Å². The van der Waals surface area contributed by atoms with E-state index in [9.17, 15) is 4.79 Å². The molecule has 0 radical (unpaired) electrons. The van der Waals surface area contributed by atoms with Crippen LogP contribution in [-0.4, -0.2) is 9.55 Å². The van der Waals surface area contributed by atoms with Crippen molar-refractivity contribution < 1.29 is 0 Å². The maximum atomic E-state index is 11.7. The highest BCUT2D eigenvalue weighted by molar-refractivity contribution is 5.24. The van der Waals surface area contributed by atoms with Gasteiger partial charge in [-0.25, -0.2) is 4.98 Å². The Morgan fingerprint density at radius 1 is 1.33 bits per heavy atom. The zero-order valence-electron chi connectivity index (χ0n) is 10.6. The zero-order chi connectivity index (χ0) is 13.1. The number of hydrogen-bond donors (Lipinski definition) is 1. The van der Waals surface area contributed by atoms with Crippen LogP contribution in [0.4, 0.5) is 5.95 Å². The number of benzene rings is 1. The van der Waals surface area contributed by atoms with Crippen molar-refractivity contribution in [2.45, 2.75) is 19.3 Å². The number of anilines is 1. The molecule has 2 N–H and O–H groups in total. The molecule has 1 unspecified atom stereocenters. The Hall–Kier alpha value is -2.10. The lowest BCUT2D eigenvalue weighted by Gasteiger charge is -2.12. The van der Waals surface area contributed by atoms with Crippen molar-refractivity contribution in [2.24, 2.45) is 7.05 Å². The first-order valence-corrected chi connectivity index (χ1v) is 5.95. The van der Waals surface area contributed by atoms with Crippen LogP contribution in [0.1, 0.15) is 24.1 Å². The third-order valence-corrected chi connectivity index (χ3v) is 3.08. The SMILES string of the molecule is CC(Cc1ccccc1)c1cc(=O)n(C)c(N)n1. The fraction of sp³-hybridized carbons (Fsp3) is 0.286. The van der Waals surface area contributed by atoms with Crippen molar-refractivity contribution in [3.05, 3.63) is 58.0 Å². The monoisotopic (exact) mass is 243 g/mol. The van der Waals surface area contributed by atoms with Gasteiger partial charge in [0.1, 0.15) is 0 Å². The van der Waals surface area contributed by atoms with Crippen molar-refractivity contribution in [3.63, 3.8) is 0 Å². The van der Waals surface area contributed by atoms with E-state index in [4.69, 9.17) is 5.73 Å². The molecule has 0 amide bonds. The van der Waals surface area contributed by atoms with Crippen molar-refractivity contribution in [3.8, 4) is 0 Å². The Morgan fingerprint density at radius 2 is 2.00 bits per heavy atom. The van der Waals surface area contributed by atoms with Gasteiger partial charge in [0.05, 0.1) is 5.69 Å². The van der Waals surface area contributed by atoms with E-state index < -0.39 is 0 Å². The van der Waals surface area contributed by atoms with Gasteiger partial charge in [0, 0.05) is 19.0 Å². The Morgan fingerprint density at radius 3 is 2.61 bits per heavy atom. The fourth-order valence-electron chi connectivity index (χ4n) is 1.90. The molecule has 0 fully saturated rings. The highest BCUT2D eigenvalue weighted by Crippen LogP contribution is 2.17. The largest absolute Gasteiger partial charge is 0.369 e. The van der Waals surface area contributed by atoms with Crippen LogP contribution in [0, 0.1) is 0 Å². The molecule has 2 rings (SSSR count). The maximum absolute atomic E-state index is 11.7. The van der Waals surface area contributed by atoms with E-state index >= 15 is 0 Å². The van der Waals surface area contributed by atoms with Gasteiger partial charge in [0.15, 0.2) is 0 Å². The Bertz CT molecular complexity index is 590. The second-order valence-corrected chi connectivity index (χ2v) is 4.53. The molecule has 1 atom stereocenters. The standard InChI is InChI=1S/C14H17N3O/c1-10(8-11-6-4-3-5-7-11)12-9-13(18)17(2)14(15)16-12/h3-7,9-10H,8H2,1-2H3,(H2,15,16). The molecule has 4 nitrogen and oxygen atoms in total. The first-order chi connectivity index (χ1) is 8.58. The molecule has 94 valence electrons. The summed E-state index contributed by atoms with van der Waals surface area (Å²) in [7, 11) is 1.62. The van der Waals surface area contributed by atoms with Gasteiger partial charge in [-0.15, -0.1) is 0 Å². The van der Waals surface area contributed by atoms with Gasteiger partial charge in [-0.2, -0.15) is 0 Å². The highest BCUT2D eigenvalue weighted by atomic mass is 16.1. The molecule has 1 heterocycles. The third kappa shape index (κ3) is 2.59. The number of aromatic nitrogens is 2. The molecule has 4 heteroatoms. The highest BCUT2D eigenvalue weighted by Gasteiger charge is 2.11. The lowest BCUT2D eigenvalue weighted by molar-refractivity contribution is 0.709. The summed E-state index contributed by atoms with van der Waals surface area (Å²) < 4.78 is 1.35. The van der Waals surface area contributed by atoms with Gasteiger partial charge in [0.25, 0.3) is 5.56 Å². The molecule has 0 aliphatic heterocycles. The van der Waals surface area contributed by atoms with E-state index in [2.05, 4.69) is 17.1 Å². The zero-order valence-corrected chi connectivity index (χ0v) is 10.6. The molecule has 0 saturated heterocycles. The maximum Gasteiger partial charge on any atom is 0.254 e. The number of nitrogens with zero attached hydrogens (tertiary/aromatic N) is 2. The summed E-state index contributed by atoms with van der Waals surface area (Å²) in [6, 6.07) is 11.7. The Labute approximate surface area is 106 Å². The van der Waals surface area contributed by atoms with Crippen LogP contribution in [0.2, 0.25) is 0 Å². The van der Waals surface area contributed by atoms with Gasteiger partial charge in [0.2, 0.25) is 5.95 Å². The van der Waals surface area contributed by atoms with Crippen molar-refractivity contribution in [1.82, 2.24) is 9.55 Å². The Kier molecular flexibility index (Phi) is 3.46. The second-order valence-electron chi connectivity index (χ2n) is 4.53. The van der Waals surface area contributed by atoms with E-state index in [0.717, 1.165) is 12.1 Å². The third-order valence-electron chi connectivity index (χ3n) is 3.08. The number of nitrogen functional groups attached to an aromatic ring is 1. The van der Waals surface area contributed by atoms with E-state index in [1.54, 1.807) is 13.1 Å². The average Bonchev–Trinajstić information content (AvgIpc) is 2.36. The lowest BCUT2D eigenvalue weighted by Crippen LogP contribution is -2.22. The summed E-state index contributed by atoms with van der Waals surface area (Å²) in [4.78, 5) is 15.9. The van der Waals surface area contributed by atoms with Crippen LogP contribution < -0.4 is 11.3 Å². The van der Waals surface area contributed by atoms with Crippen molar-refractivity contribution >= 4 is 5.95 Å². The minimum atomic E-state index is -0.114. The molecule has 1 aromatic heterocycles. The normalized spacial score (nSPS) is 12.3. The topological polar surface area (TPSA) is 60.9 Å². The summed E-state index contributed by atoms with van der Waals surface area (Å²) in [5.74, 6) is 0.431. The summed E-state index contributed by atoms with van der Waals surface area (Å²) in [6.45, 7) is 2.05. The summed E-state index contributed by atoms with van der Waals surface area (Å²) in [6.07, 6.45) is 0.848. The molecular formula is C14H17N3O. The number of rotatable bonds is 3. The molecule has 0 aliphatic carbocycles. The van der Waals surface area contributed by atoms with Gasteiger partial charge in [-0.1, -0.05) is 37.3 Å². The molecule has 0 spiro atoms. The second kappa shape index (κ2) is 5.04. The van der Waals surface area contributed by atoms with Crippen LogP contribution in [0.5, 0.6) is 0 Å². The summed E-state index contributed by atoms with van der Waals surface area (Å²) in [5, 5.41) is 0. The molecule has 2 aromatic rings. The first kappa shape index (κ1) is 12.4. The number of hydrogen-bond acceptors (Lipinski definition) is 3. The van der Waals surface area contributed by atoms with E-state index in [1.165, 1.54) is 10.1 Å². The minimum absolute atomic E-state index is 0.114. The molecule has 18 heavy (non-hydrogen) atoms. The van der Waals surface area contributed by atoms with Crippen molar-refractivity contribution in [2.75, 3.05) is 5.73 Å². The molecule has 0 bridgehead atoms. The smallest absolute Gasteiger partial charge is 0.254 e. The molecular weight excluding hydrogens is 226 g/mol. The summed E-state index contributed by atoms with van der Waals surface area (Å²) in [5.41, 5.74) is 7.57. The van der Waals surface area contributed by atoms with Crippen LogP contribution in [-0.2, 0) is 13.5 Å². The van der Waals surface area contributed by atoms with Gasteiger partial charge < -0.3 is 5.73 Å². The van der Waals surface area contributed by atoms with Crippen molar-refractivity contribution in [1.29, 1.82) is 0 Å². The predicted molar refractivity (Wildman–Crippen MR) is 72.5 cm³/mol. The van der Waals surface area contributed by atoms with E-state index in [1.807, 2.05) is 25.1 Å². The fourth-order valence-corrected chi connectivity index (χ4v) is 1.90. The quantitative estimate of drug-likeness (QED) is 0.892. The minimum Gasteiger partial charge on any atom is -0.369 e. The van der Waals surface area contributed by atoms with Gasteiger partial charge in [-0.05, 0) is 12.0 Å². The van der Waals surface area contributed by atoms with Crippen LogP contribution in [0.15, 0.2) is 41.2 Å². The molecule has 0 saturated carbocycles. The molecule has 1 aromatic carbocycles.